The Morgan fingerprint density at radius 2 is 1.93 bits per heavy atom. The fourth-order valence-electron chi connectivity index (χ4n) is 1.30. The number of amides is 1. The SMILES string of the molecule is CCNC(=O)CN(C)CCCC(=O)CC. The number of nitrogens with one attached hydrogen (secondary N) is 1. The van der Waals surface area contributed by atoms with Crippen LogP contribution >= 0.6 is 0 Å². The minimum absolute atomic E-state index is 0.0434. The molecular weight excluding hydrogens is 192 g/mol. The van der Waals surface area contributed by atoms with E-state index in [0.29, 0.717) is 31.7 Å². The Bertz CT molecular complexity index is 205. The van der Waals surface area contributed by atoms with Crippen molar-refractivity contribution in [2.75, 3.05) is 26.7 Å². The maximum absolute atomic E-state index is 11.2. The summed E-state index contributed by atoms with van der Waals surface area (Å²) >= 11 is 0. The second-order valence-electron chi connectivity index (χ2n) is 3.69. The summed E-state index contributed by atoms with van der Waals surface area (Å²) in [5.41, 5.74) is 0. The lowest BCUT2D eigenvalue weighted by molar-refractivity contribution is -0.121. The molecule has 0 aliphatic rings. The first-order valence-electron chi connectivity index (χ1n) is 5.57. The van der Waals surface area contributed by atoms with Gasteiger partial charge in [0.2, 0.25) is 5.91 Å². The van der Waals surface area contributed by atoms with Gasteiger partial charge in [0, 0.05) is 19.4 Å². The molecular formula is C11H22N2O2. The van der Waals surface area contributed by atoms with Gasteiger partial charge in [-0.1, -0.05) is 6.92 Å². The van der Waals surface area contributed by atoms with E-state index >= 15 is 0 Å². The van der Waals surface area contributed by atoms with Gasteiger partial charge in [0.05, 0.1) is 6.54 Å². The highest BCUT2D eigenvalue weighted by atomic mass is 16.2. The van der Waals surface area contributed by atoms with Crippen molar-refractivity contribution in [1.82, 2.24) is 10.2 Å². The monoisotopic (exact) mass is 214 g/mol. The van der Waals surface area contributed by atoms with Crippen LogP contribution in [0.1, 0.15) is 33.1 Å². The number of ketones is 1. The quantitative estimate of drug-likeness (QED) is 0.650. The van der Waals surface area contributed by atoms with Crippen LogP contribution in [0.5, 0.6) is 0 Å². The summed E-state index contributed by atoms with van der Waals surface area (Å²) in [5, 5.41) is 2.74. The first kappa shape index (κ1) is 14.1. The van der Waals surface area contributed by atoms with Crippen molar-refractivity contribution in [2.45, 2.75) is 33.1 Å². The standard InChI is InChI=1S/C11H22N2O2/c1-4-10(14)7-6-8-13(3)9-11(15)12-5-2/h4-9H2,1-3H3,(H,12,15). The molecule has 4 nitrogen and oxygen atoms in total. The molecule has 0 spiro atoms. The summed E-state index contributed by atoms with van der Waals surface area (Å²) in [4.78, 5) is 24.1. The van der Waals surface area contributed by atoms with Crippen LogP contribution in [0.3, 0.4) is 0 Å². The number of nitrogens with zero attached hydrogens (tertiary/aromatic N) is 1. The molecule has 0 heterocycles. The lowest BCUT2D eigenvalue weighted by Gasteiger charge is -2.15. The predicted molar refractivity (Wildman–Crippen MR) is 60.7 cm³/mol. The highest BCUT2D eigenvalue weighted by molar-refractivity contribution is 5.78. The van der Waals surface area contributed by atoms with Crippen molar-refractivity contribution in [2.24, 2.45) is 0 Å². The Hall–Kier alpha value is -0.900. The van der Waals surface area contributed by atoms with Crippen molar-refractivity contribution in [3.05, 3.63) is 0 Å². The predicted octanol–water partition coefficient (Wildman–Crippen LogP) is 0.814. The first-order valence-corrected chi connectivity index (χ1v) is 5.57. The summed E-state index contributed by atoms with van der Waals surface area (Å²) in [7, 11) is 1.89. The van der Waals surface area contributed by atoms with Gasteiger partial charge in [-0.3, -0.25) is 14.5 Å². The molecule has 1 amide bonds. The van der Waals surface area contributed by atoms with Crippen LogP contribution in [0, 0.1) is 0 Å². The van der Waals surface area contributed by atoms with Gasteiger partial charge in [-0.2, -0.15) is 0 Å². The zero-order valence-electron chi connectivity index (χ0n) is 10.0. The maximum atomic E-state index is 11.2. The normalized spacial score (nSPS) is 10.4. The van der Waals surface area contributed by atoms with Gasteiger partial charge in [0.15, 0.2) is 0 Å². The number of rotatable bonds is 8. The van der Waals surface area contributed by atoms with Crippen LogP contribution in [-0.4, -0.2) is 43.3 Å². The molecule has 0 aliphatic carbocycles. The second kappa shape index (κ2) is 8.41. The number of hydrogen-bond donors (Lipinski definition) is 1. The Morgan fingerprint density at radius 3 is 2.47 bits per heavy atom. The van der Waals surface area contributed by atoms with Gasteiger partial charge >= 0.3 is 0 Å². The molecule has 0 atom stereocenters. The van der Waals surface area contributed by atoms with Crippen LogP contribution < -0.4 is 5.32 Å². The van der Waals surface area contributed by atoms with Gasteiger partial charge in [-0.15, -0.1) is 0 Å². The molecule has 0 aromatic carbocycles. The lowest BCUT2D eigenvalue weighted by atomic mass is 10.2. The van der Waals surface area contributed by atoms with E-state index in [4.69, 9.17) is 0 Å². The molecule has 0 aromatic heterocycles. The van der Waals surface area contributed by atoms with Crippen LogP contribution in [0.25, 0.3) is 0 Å². The Morgan fingerprint density at radius 1 is 1.27 bits per heavy atom. The zero-order chi connectivity index (χ0) is 11.7. The van der Waals surface area contributed by atoms with E-state index in [1.54, 1.807) is 0 Å². The Balaban J connectivity index is 3.52. The molecule has 0 fully saturated rings. The van der Waals surface area contributed by atoms with Crippen LogP contribution in [0.15, 0.2) is 0 Å². The molecule has 88 valence electrons. The van der Waals surface area contributed by atoms with E-state index in [2.05, 4.69) is 5.32 Å². The van der Waals surface area contributed by atoms with E-state index in [9.17, 15) is 9.59 Å². The van der Waals surface area contributed by atoms with E-state index in [1.807, 2.05) is 25.8 Å². The van der Waals surface area contributed by atoms with E-state index in [0.717, 1.165) is 13.0 Å². The summed E-state index contributed by atoms with van der Waals surface area (Å²) in [6.45, 7) is 5.65. The van der Waals surface area contributed by atoms with E-state index < -0.39 is 0 Å². The first-order chi connectivity index (χ1) is 7.10. The molecule has 0 radical (unpaired) electrons. The molecule has 15 heavy (non-hydrogen) atoms. The fourth-order valence-corrected chi connectivity index (χ4v) is 1.30. The number of likely N-dealkylation sites (N-methyl/N-ethyl adjacent to an activating group) is 2. The summed E-state index contributed by atoms with van der Waals surface area (Å²) in [6.07, 6.45) is 2.07. The summed E-state index contributed by atoms with van der Waals surface area (Å²) in [6, 6.07) is 0. The van der Waals surface area contributed by atoms with Gasteiger partial charge in [-0.05, 0) is 26.9 Å². The minimum Gasteiger partial charge on any atom is -0.355 e. The number of Topliss-reactive ketones (excluding diaryl/α,β-unsaturated/α-hetero) is 1. The fraction of sp³-hybridized carbons (Fsp3) is 0.818. The van der Waals surface area contributed by atoms with Crippen molar-refractivity contribution in [3.8, 4) is 0 Å². The van der Waals surface area contributed by atoms with Gasteiger partial charge in [-0.25, -0.2) is 0 Å². The minimum atomic E-state index is 0.0434. The number of hydrogen-bond acceptors (Lipinski definition) is 3. The largest absolute Gasteiger partial charge is 0.355 e. The third-order valence-corrected chi connectivity index (χ3v) is 2.18. The van der Waals surface area contributed by atoms with Gasteiger partial charge < -0.3 is 5.32 Å². The topological polar surface area (TPSA) is 49.4 Å². The van der Waals surface area contributed by atoms with Crippen molar-refractivity contribution >= 4 is 11.7 Å². The molecule has 1 N–H and O–H groups in total. The van der Waals surface area contributed by atoms with Crippen LogP contribution in [0.2, 0.25) is 0 Å². The molecule has 0 aliphatic heterocycles. The average molecular weight is 214 g/mol. The molecule has 0 bridgehead atoms. The van der Waals surface area contributed by atoms with Crippen LogP contribution in [0.4, 0.5) is 0 Å². The zero-order valence-corrected chi connectivity index (χ0v) is 10.0. The van der Waals surface area contributed by atoms with Crippen LogP contribution in [-0.2, 0) is 9.59 Å². The molecule has 0 saturated carbocycles. The molecule has 0 unspecified atom stereocenters. The Labute approximate surface area is 92.0 Å². The smallest absolute Gasteiger partial charge is 0.234 e. The Kier molecular flexibility index (Phi) is 7.91. The third-order valence-electron chi connectivity index (χ3n) is 2.18. The van der Waals surface area contributed by atoms with Crippen molar-refractivity contribution < 1.29 is 9.59 Å². The summed E-state index contributed by atoms with van der Waals surface area (Å²) < 4.78 is 0. The van der Waals surface area contributed by atoms with Gasteiger partial charge in [0.25, 0.3) is 0 Å². The van der Waals surface area contributed by atoms with Crippen molar-refractivity contribution in [1.29, 1.82) is 0 Å². The summed E-state index contributed by atoms with van der Waals surface area (Å²) in [5.74, 6) is 0.336. The molecule has 0 aromatic rings. The average Bonchev–Trinajstić information content (AvgIpc) is 2.17. The highest BCUT2D eigenvalue weighted by Crippen LogP contribution is 1.96. The third kappa shape index (κ3) is 8.12. The highest BCUT2D eigenvalue weighted by Gasteiger charge is 2.05. The van der Waals surface area contributed by atoms with E-state index in [1.165, 1.54) is 0 Å². The lowest BCUT2D eigenvalue weighted by Crippen LogP contribution is -2.35. The number of carbonyl (C=O) groups excluding carboxylic acids is 2. The second-order valence-corrected chi connectivity index (χ2v) is 3.69. The number of carbonyl (C=O) groups is 2. The molecule has 4 heteroatoms. The maximum Gasteiger partial charge on any atom is 0.234 e. The molecule has 0 saturated heterocycles. The van der Waals surface area contributed by atoms with E-state index in [-0.39, 0.29) is 5.91 Å². The van der Waals surface area contributed by atoms with Gasteiger partial charge in [0.1, 0.15) is 5.78 Å². The van der Waals surface area contributed by atoms with Crippen molar-refractivity contribution in [3.63, 3.8) is 0 Å². The molecule has 0 rings (SSSR count).